The lowest BCUT2D eigenvalue weighted by atomic mass is 10.3. The van der Waals surface area contributed by atoms with Crippen molar-refractivity contribution >= 4 is 0 Å². The maximum absolute atomic E-state index is 9.27. The Hall–Kier alpha value is -1.42. The highest BCUT2D eigenvalue weighted by Crippen LogP contribution is 1.89. The lowest BCUT2D eigenvalue weighted by molar-refractivity contribution is 0.0627. The minimum atomic E-state index is -0.671. The zero-order valence-corrected chi connectivity index (χ0v) is 10.6. The number of hydrogen-bond acceptors (Lipinski definition) is 5. The summed E-state index contributed by atoms with van der Waals surface area (Å²) < 4.78 is 5.28. The van der Waals surface area contributed by atoms with Gasteiger partial charge in [0.2, 0.25) is 0 Å². The number of H-pyrrole nitrogens is 1. The molecule has 0 aromatic carbocycles. The van der Waals surface area contributed by atoms with E-state index in [0.29, 0.717) is 6.61 Å². The summed E-state index contributed by atoms with van der Waals surface area (Å²) in [4.78, 5) is 0. The number of nitrogens with one attached hydrogen (secondary N) is 2. The SMILES string of the molecule is CC#CC(O)COCCCNCCc1cn[nH]n1. The average molecular weight is 252 g/mol. The van der Waals surface area contributed by atoms with Crippen molar-refractivity contribution < 1.29 is 9.84 Å². The lowest BCUT2D eigenvalue weighted by Crippen LogP contribution is -2.21. The molecule has 0 bridgehead atoms. The third-order valence-corrected chi connectivity index (χ3v) is 2.25. The fraction of sp³-hybridized carbons (Fsp3) is 0.667. The smallest absolute Gasteiger partial charge is 0.137 e. The first-order chi connectivity index (χ1) is 8.83. The Morgan fingerprint density at radius 3 is 3.17 bits per heavy atom. The summed E-state index contributed by atoms with van der Waals surface area (Å²) >= 11 is 0. The minimum Gasteiger partial charge on any atom is -0.378 e. The standard InChI is InChI=1S/C12H20N4O2/c1-2-4-12(17)10-18-8-3-6-13-7-5-11-9-14-16-15-11/h9,12-13,17H,3,5-8,10H2,1H3,(H,14,15,16). The third kappa shape index (κ3) is 7.01. The average Bonchev–Trinajstić information content (AvgIpc) is 2.86. The van der Waals surface area contributed by atoms with Gasteiger partial charge in [-0.15, -0.1) is 5.92 Å². The number of hydrogen-bond donors (Lipinski definition) is 3. The molecule has 3 N–H and O–H groups in total. The number of rotatable bonds is 9. The summed E-state index contributed by atoms with van der Waals surface area (Å²) in [5.41, 5.74) is 0.958. The predicted molar refractivity (Wildman–Crippen MR) is 67.8 cm³/mol. The van der Waals surface area contributed by atoms with Crippen LogP contribution in [0.1, 0.15) is 19.0 Å². The van der Waals surface area contributed by atoms with Gasteiger partial charge in [-0.1, -0.05) is 5.92 Å². The second-order valence-corrected chi connectivity index (χ2v) is 3.80. The van der Waals surface area contributed by atoms with Crippen LogP contribution in [-0.4, -0.2) is 52.9 Å². The number of nitrogens with zero attached hydrogens (tertiary/aromatic N) is 2. The van der Waals surface area contributed by atoms with Gasteiger partial charge in [0, 0.05) is 19.6 Å². The summed E-state index contributed by atoms with van der Waals surface area (Å²) in [5, 5.41) is 22.8. The van der Waals surface area contributed by atoms with Crippen molar-refractivity contribution in [2.24, 2.45) is 0 Å². The van der Waals surface area contributed by atoms with Crippen LogP contribution in [0.15, 0.2) is 6.20 Å². The van der Waals surface area contributed by atoms with Crippen LogP contribution in [0, 0.1) is 11.8 Å². The molecule has 0 saturated carbocycles. The fourth-order valence-electron chi connectivity index (χ4n) is 1.39. The van der Waals surface area contributed by atoms with Crippen molar-refractivity contribution in [1.82, 2.24) is 20.7 Å². The Kier molecular flexibility index (Phi) is 7.80. The molecule has 1 unspecified atom stereocenters. The van der Waals surface area contributed by atoms with Crippen LogP contribution in [0.4, 0.5) is 0 Å². The quantitative estimate of drug-likeness (QED) is 0.416. The predicted octanol–water partition coefficient (Wildman–Crippen LogP) is -0.272. The van der Waals surface area contributed by atoms with E-state index in [1.807, 2.05) is 0 Å². The topological polar surface area (TPSA) is 83.1 Å². The number of aromatic amines is 1. The van der Waals surface area contributed by atoms with E-state index in [4.69, 9.17) is 4.74 Å². The molecule has 0 aliphatic rings. The summed E-state index contributed by atoms with van der Waals surface area (Å²) in [6.07, 6.45) is 2.82. The van der Waals surface area contributed by atoms with Crippen molar-refractivity contribution in [3.05, 3.63) is 11.9 Å². The molecule has 1 heterocycles. The Labute approximate surface area is 107 Å². The van der Waals surface area contributed by atoms with E-state index < -0.39 is 6.10 Å². The summed E-state index contributed by atoms with van der Waals surface area (Å²) in [6, 6.07) is 0. The molecule has 1 aromatic heterocycles. The largest absolute Gasteiger partial charge is 0.378 e. The van der Waals surface area contributed by atoms with Crippen LogP contribution in [0.2, 0.25) is 0 Å². The Balaban J connectivity index is 1.85. The van der Waals surface area contributed by atoms with Gasteiger partial charge in [0.05, 0.1) is 18.5 Å². The molecule has 1 rings (SSSR count). The van der Waals surface area contributed by atoms with Gasteiger partial charge in [-0.2, -0.15) is 15.4 Å². The van der Waals surface area contributed by atoms with Crippen molar-refractivity contribution in [3.63, 3.8) is 0 Å². The maximum Gasteiger partial charge on any atom is 0.137 e. The fourth-order valence-corrected chi connectivity index (χ4v) is 1.39. The van der Waals surface area contributed by atoms with Crippen LogP contribution in [0.5, 0.6) is 0 Å². The molecular weight excluding hydrogens is 232 g/mol. The normalized spacial score (nSPS) is 11.9. The highest BCUT2D eigenvalue weighted by Gasteiger charge is 1.98. The van der Waals surface area contributed by atoms with Gasteiger partial charge in [0.25, 0.3) is 0 Å². The molecule has 0 radical (unpaired) electrons. The molecule has 0 amide bonds. The first-order valence-electron chi connectivity index (χ1n) is 6.06. The van der Waals surface area contributed by atoms with E-state index in [1.165, 1.54) is 0 Å². The highest BCUT2D eigenvalue weighted by atomic mass is 16.5. The molecule has 18 heavy (non-hydrogen) atoms. The first-order valence-corrected chi connectivity index (χ1v) is 6.06. The van der Waals surface area contributed by atoms with E-state index in [-0.39, 0.29) is 6.61 Å². The van der Waals surface area contributed by atoms with Crippen LogP contribution in [0.25, 0.3) is 0 Å². The van der Waals surface area contributed by atoms with E-state index in [2.05, 4.69) is 32.6 Å². The van der Waals surface area contributed by atoms with Crippen molar-refractivity contribution in [2.75, 3.05) is 26.3 Å². The van der Waals surface area contributed by atoms with E-state index in [0.717, 1.165) is 31.6 Å². The van der Waals surface area contributed by atoms with Gasteiger partial charge >= 0.3 is 0 Å². The summed E-state index contributed by atoms with van der Waals surface area (Å²) in [7, 11) is 0. The number of aromatic nitrogens is 3. The number of aliphatic hydroxyl groups is 1. The molecule has 0 spiro atoms. The van der Waals surface area contributed by atoms with Crippen LogP contribution in [0.3, 0.4) is 0 Å². The van der Waals surface area contributed by atoms with Gasteiger partial charge in [0.1, 0.15) is 6.10 Å². The van der Waals surface area contributed by atoms with E-state index >= 15 is 0 Å². The highest BCUT2D eigenvalue weighted by molar-refractivity contribution is 5.01. The Morgan fingerprint density at radius 2 is 2.44 bits per heavy atom. The Bertz CT molecular complexity index is 356. The van der Waals surface area contributed by atoms with Crippen LogP contribution >= 0.6 is 0 Å². The van der Waals surface area contributed by atoms with Gasteiger partial charge < -0.3 is 15.2 Å². The molecule has 1 aromatic rings. The van der Waals surface area contributed by atoms with E-state index in [9.17, 15) is 5.11 Å². The molecule has 0 saturated heterocycles. The molecule has 0 fully saturated rings. The second-order valence-electron chi connectivity index (χ2n) is 3.80. The van der Waals surface area contributed by atoms with Gasteiger partial charge in [-0.25, -0.2) is 0 Å². The second kappa shape index (κ2) is 9.59. The van der Waals surface area contributed by atoms with Crippen molar-refractivity contribution in [1.29, 1.82) is 0 Å². The van der Waals surface area contributed by atoms with Crippen LogP contribution in [-0.2, 0) is 11.2 Å². The van der Waals surface area contributed by atoms with Crippen LogP contribution < -0.4 is 5.32 Å². The minimum absolute atomic E-state index is 0.278. The molecule has 100 valence electrons. The molecular formula is C12H20N4O2. The molecule has 0 aliphatic heterocycles. The zero-order valence-electron chi connectivity index (χ0n) is 10.6. The maximum atomic E-state index is 9.27. The van der Waals surface area contributed by atoms with Gasteiger partial charge in [-0.05, 0) is 19.9 Å². The zero-order chi connectivity index (χ0) is 13.1. The number of aliphatic hydroxyl groups excluding tert-OH is 1. The van der Waals surface area contributed by atoms with E-state index in [1.54, 1.807) is 13.1 Å². The number of ether oxygens (including phenoxy) is 1. The monoisotopic (exact) mass is 252 g/mol. The lowest BCUT2D eigenvalue weighted by Gasteiger charge is -2.06. The first kappa shape index (κ1) is 14.6. The summed E-state index contributed by atoms with van der Waals surface area (Å²) in [5.74, 6) is 5.27. The molecule has 1 atom stereocenters. The third-order valence-electron chi connectivity index (χ3n) is 2.25. The Morgan fingerprint density at radius 1 is 1.56 bits per heavy atom. The molecule has 6 nitrogen and oxygen atoms in total. The van der Waals surface area contributed by atoms with Crippen molar-refractivity contribution in [3.8, 4) is 11.8 Å². The molecule has 6 heteroatoms. The van der Waals surface area contributed by atoms with Crippen molar-refractivity contribution in [2.45, 2.75) is 25.9 Å². The van der Waals surface area contributed by atoms with Gasteiger partial charge in [0.15, 0.2) is 0 Å². The van der Waals surface area contributed by atoms with Gasteiger partial charge in [-0.3, -0.25) is 0 Å². The molecule has 0 aliphatic carbocycles. The summed E-state index contributed by atoms with van der Waals surface area (Å²) in [6.45, 7) is 4.35.